The highest BCUT2D eigenvalue weighted by Gasteiger charge is 2.19. The van der Waals surface area contributed by atoms with Gasteiger partial charge in [0.1, 0.15) is 5.82 Å². The molecule has 0 radical (unpaired) electrons. The number of hydrogen-bond acceptors (Lipinski definition) is 4. The highest BCUT2D eigenvalue weighted by molar-refractivity contribution is 7.26. The van der Waals surface area contributed by atoms with Crippen molar-refractivity contribution in [1.29, 1.82) is 0 Å². The van der Waals surface area contributed by atoms with Gasteiger partial charge in [0.15, 0.2) is 17.5 Å². The molecule has 11 aromatic rings. The lowest BCUT2D eigenvalue weighted by Gasteiger charge is -2.11. The van der Waals surface area contributed by atoms with Crippen molar-refractivity contribution in [2.24, 2.45) is 0 Å². The molecule has 0 unspecified atom stereocenters. The molecule has 0 aliphatic heterocycles. The van der Waals surface area contributed by atoms with Crippen molar-refractivity contribution in [3.63, 3.8) is 0 Å². The van der Waals surface area contributed by atoms with Crippen LogP contribution < -0.4 is 0 Å². The van der Waals surface area contributed by atoms with Crippen molar-refractivity contribution in [2.45, 2.75) is 0 Å². The van der Waals surface area contributed by atoms with Crippen LogP contribution in [0.5, 0.6) is 0 Å². The Morgan fingerprint density at radius 3 is 1.60 bits per heavy atom. The molecule has 4 nitrogen and oxygen atoms in total. The fourth-order valence-electron chi connectivity index (χ4n) is 7.95. The Bertz CT molecular complexity index is 3280. The van der Waals surface area contributed by atoms with Crippen LogP contribution in [0.3, 0.4) is 0 Å². The van der Waals surface area contributed by atoms with Gasteiger partial charge in [-0.15, -0.1) is 11.3 Å². The highest BCUT2D eigenvalue weighted by atomic mass is 32.1. The number of thiophene rings is 1. The summed E-state index contributed by atoms with van der Waals surface area (Å²) < 4.78 is 18.7. The smallest absolute Gasteiger partial charge is 0.164 e. The zero-order chi connectivity index (χ0) is 37.9. The average molecular weight is 751 g/mol. The summed E-state index contributed by atoms with van der Waals surface area (Å²) in [5.41, 5.74) is 10.7. The van der Waals surface area contributed by atoms with E-state index < -0.39 is 0 Å². The van der Waals surface area contributed by atoms with Gasteiger partial charge in [-0.1, -0.05) is 133 Å². The number of hydrogen-bond donors (Lipinski definition) is 0. The van der Waals surface area contributed by atoms with Gasteiger partial charge in [-0.3, -0.25) is 0 Å². The normalized spacial score (nSPS) is 11.6. The minimum Gasteiger partial charge on any atom is -0.308 e. The number of rotatable bonds is 6. The number of halogens is 1. The Balaban J connectivity index is 1.11. The van der Waals surface area contributed by atoms with E-state index in [1.165, 1.54) is 60.6 Å². The highest BCUT2D eigenvalue weighted by Crippen LogP contribution is 2.43. The van der Waals surface area contributed by atoms with Crippen LogP contribution in [-0.2, 0) is 0 Å². The van der Waals surface area contributed by atoms with Gasteiger partial charge in [-0.2, -0.15) is 0 Å². The Morgan fingerprint density at radius 2 is 0.912 bits per heavy atom. The molecular weight excluding hydrogens is 720 g/mol. The maximum Gasteiger partial charge on any atom is 0.164 e. The lowest BCUT2D eigenvalue weighted by atomic mass is 10.0. The third-order valence-corrected chi connectivity index (χ3v) is 11.9. The largest absolute Gasteiger partial charge is 0.308 e. The van der Waals surface area contributed by atoms with E-state index in [4.69, 9.17) is 15.0 Å². The summed E-state index contributed by atoms with van der Waals surface area (Å²) in [5, 5.41) is 4.80. The topological polar surface area (TPSA) is 43.6 Å². The molecule has 0 saturated heterocycles. The summed E-state index contributed by atoms with van der Waals surface area (Å²) >= 11 is 1.78. The minimum absolute atomic E-state index is 0.305. The molecule has 0 saturated carbocycles. The van der Waals surface area contributed by atoms with E-state index in [-0.39, 0.29) is 5.82 Å². The number of benzene rings is 8. The fraction of sp³-hybridized carbons (Fsp3) is 0. The van der Waals surface area contributed by atoms with E-state index in [9.17, 15) is 4.39 Å². The zero-order valence-electron chi connectivity index (χ0n) is 30.5. The molecule has 8 aromatic carbocycles. The molecule has 0 aliphatic rings. The molecule has 0 fully saturated rings. The summed E-state index contributed by atoms with van der Waals surface area (Å²) in [6.07, 6.45) is 0. The third-order valence-electron chi connectivity index (χ3n) is 10.7. The molecule has 6 heteroatoms. The lowest BCUT2D eigenvalue weighted by Crippen LogP contribution is -2.00. The van der Waals surface area contributed by atoms with Crippen LogP contribution in [-0.4, -0.2) is 19.5 Å². The number of aromatic nitrogens is 4. The summed E-state index contributed by atoms with van der Waals surface area (Å²) in [5.74, 6) is 1.32. The van der Waals surface area contributed by atoms with E-state index in [2.05, 4.69) is 138 Å². The molecule has 268 valence electrons. The van der Waals surface area contributed by atoms with E-state index in [0.717, 1.165) is 38.1 Å². The molecule has 0 bridgehead atoms. The third kappa shape index (κ3) is 5.77. The molecule has 3 aromatic heterocycles. The second-order valence-electron chi connectivity index (χ2n) is 14.2. The molecule has 0 spiro atoms. The zero-order valence-corrected chi connectivity index (χ0v) is 31.3. The van der Waals surface area contributed by atoms with Crippen LogP contribution in [0.4, 0.5) is 4.39 Å². The summed E-state index contributed by atoms with van der Waals surface area (Å²) in [6.45, 7) is 0. The van der Waals surface area contributed by atoms with Crippen LogP contribution in [0.15, 0.2) is 188 Å². The number of fused-ring (bicyclic) bond motifs is 6. The molecule has 57 heavy (non-hydrogen) atoms. The first kappa shape index (κ1) is 33.1. The molecule has 0 N–H and O–H groups in total. The van der Waals surface area contributed by atoms with Crippen molar-refractivity contribution in [3.8, 4) is 62.1 Å². The Labute approximate surface area is 331 Å². The maximum atomic E-state index is 13.9. The Morgan fingerprint density at radius 1 is 0.368 bits per heavy atom. The van der Waals surface area contributed by atoms with E-state index in [1.54, 1.807) is 23.5 Å². The first-order chi connectivity index (χ1) is 28.1. The summed E-state index contributed by atoms with van der Waals surface area (Å²) in [4.78, 5) is 14.7. The quantitative estimate of drug-likeness (QED) is 0.170. The van der Waals surface area contributed by atoms with Crippen molar-refractivity contribution >= 4 is 53.3 Å². The Kier molecular flexibility index (Phi) is 7.83. The van der Waals surface area contributed by atoms with Gasteiger partial charge in [0.05, 0.1) is 21.4 Å². The van der Waals surface area contributed by atoms with Crippen LogP contribution in [0, 0.1) is 5.82 Å². The van der Waals surface area contributed by atoms with Gasteiger partial charge in [-0.25, -0.2) is 19.3 Å². The predicted octanol–water partition coefficient (Wildman–Crippen LogP) is 13.8. The predicted molar refractivity (Wildman–Crippen MR) is 234 cm³/mol. The second-order valence-corrected chi connectivity index (χ2v) is 15.2. The maximum absolute atomic E-state index is 13.9. The van der Waals surface area contributed by atoms with Crippen molar-refractivity contribution < 1.29 is 4.39 Å². The van der Waals surface area contributed by atoms with Crippen molar-refractivity contribution in [3.05, 3.63) is 194 Å². The van der Waals surface area contributed by atoms with Gasteiger partial charge < -0.3 is 4.57 Å². The SMILES string of the molecule is Fc1ccc(-c2nc(-c3ccccc3)nc(-c3ccc4c(c3)sc3c(-n5c6ccc(-c7ccccc7)cc6c6ccc(-c7ccccc7)cc65)cccc34)n2)cc1. The second kappa shape index (κ2) is 13.5. The van der Waals surface area contributed by atoms with Gasteiger partial charge in [0, 0.05) is 42.9 Å². The standard InChI is InChI=1S/C51H31FN4S/c52-39-24-19-35(20-25-39)50-53-49(34-15-8-3-9-16-34)54-51(55-50)38-22-27-41-42-17-10-18-45(48(42)57-47(41)31-38)56-44-28-23-36(32-11-4-1-5-12-32)29-43(44)40-26-21-37(30-46(40)56)33-13-6-2-7-14-33/h1-31H. The molecule has 0 atom stereocenters. The van der Waals surface area contributed by atoms with Crippen LogP contribution >= 0.6 is 11.3 Å². The van der Waals surface area contributed by atoms with Crippen LogP contribution in [0.2, 0.25) is 0 Å². The molecular formula is C51H31FN4S. The van der Waals surface area contributed by atoms with Gasteiger partial charge in [-0.05, 0) is 76.9 Å². The monoisotopic (exact) mass is 750 g/mol. The summed E-state index contributed by atoms with van der Waals surface area (Å²) in [7, 11) is 0. The van der Waals surface area contributed by atoms with E-state index in [0.29, 0.717) is 17.5 Å². The fourth-order valence-corrected chi connectivity index (χ4v) is 9.19. The van der Waals surface area contributed by atoms with Crippen molar-refractivity contribution in [2.75, 3.05) is 0 Å². The van der Waals surface area contributed by atoms with E-state index in [1.807, 2.05) is 30.3 Å². The lowest BCUT2D eigenvalue weighted by molar-refractivity contribution is 0.628. The van der Waals surface area contributed by atoms with Crippen molar-refractivity contribution in [1.82, 2.24) is 19.5 Å². The van der Waals surface area contributed by atoms with Gasteiger partial charge >= 0.3 is 0 Å². The average Bonchev–Trinajstić information content (AvgIpc) is 3.82. The first-order valence-electron chi connectivity index (χ1n) is 18.9. The van der Waals surface area contributed by atoms with E-state index >= 15 is 0 Å². The molecule has 0 amide bonds. The number of nitrogens with zero attached hydrogens (tertiary/aromatic N) is 4. The van der Waals surface area contributed by atoms with Gasteiger partial charge in [0.2, 0.25) is 0 Å². The molecule has 11 rings (SSSR count). The van der Waals surface area contributed by atoms with Crippen LogP contribution in [0.25, 0.3) is 104 Å². The van der Waals surface area contributed by atoms with Crippen LogP contribution in [0.1, 0.15) is 0 Å². The first-order valence-corrected chi connectivity index (χ1v) is 19.7. The Hall–Kier alpha value is -7.28. The van der Waals surface area contributed by atoms with Gasteiger partial charge in [0.25, 0.3) is 0 Å². The molecule has 3 heterocycles. The molecule has 0 aliphatic carbocycles. The summed E-state index contributed by atoms with van der Waals surface area (Å²) in [6, 6.07) is 64.1. The minimum atomic E-state index is -0.305.